The Bertz CT molecular complexity index is 493. The summed E-state index contributed by atoms with van der Waals surface area (Å²) in [5.74, 6) is 0. The fourth-order valence-electron chi connectivity index (χ4n) is 1.55. The van der Waals surface area contributed by atoms with Gasteiger partial charge in [0.15, 0.2) is 0 Å². The molecule has 0 radical (unpaired) electrons. The minimum absolute atomic E-state index is 0.393. The summed E-state index contributed by atoms with van der Waals surface area (Å²) in [5, 5.41) is 3.31. The van der Waals surface area contributed by atoms with Crippen molar-refractivity contribution in [3.63, 3.8) is 0 Å². The van der Waals surface area contributed by atoms with Crippen molar-refractivity contribution in [1.29, 1.82) is 0 Å². The smallest absolute Gasteiger partial charge is 0.250 e. The van der Waals surface area contributed by atoms with Crippen LogP contribution in [0, 0.1) is 6.92 Å². The number of nitrogens with one attached hydrogen (secondary N) is 2. The molecule has 0 aliphatic carbocycles. The van der Waals surface area contributed by atoms with Crippen LogP contribution in [0.4, 0.5) is 0 Å². The molecule has 0 bridgehead atoms. The summed E-state index contributed by atoms with van der Waals surface area (Å²) in [6.07, 6.45) is 1.85. The molecule has 0 aromatic carbocycles. The van der Waals surface area contributed by atoms with E-state index in [4.69, 9.17) is 0 Å². The first-order valence-corrected chi connectivity index (χ1v) is 8.99. The van der Waals surface area contributed by atoms with Crippen LogP contribution in [0.25, 0.3) is 0 Å². The topological polar surface area (TPSA) is 58.2 Å². The maximum absolute atomic E-state index is 12.1. The van der Waals surface area contributed by atoms with Gasteiger partial charge in [-0.3, -0.25) is 0 Å². The summed E-state index contributed by atoms with van der Waals surface area (Å²) in [5.41, 5.74) is 1.04. The molecule has 0 aliphatic heterocycles. The molecule has 0 saturated carbocycles. The van der Waals surface area contributed by atoms with Crippen molar-refractivity contribution in [1.82, 2.24) is 10.0 Å². The third-order valence-electron chi connectivity index (χ3n) is 2.76. The Morgan fingerprint density at radius 3 is 2.63 bits per heavy atom. The lowest BCUT2D eigenvalue weighted by Gasteiger charge is -2.06. The first-order valence-electron chi connectivity index (χ1n) is 6.69. The van der Waals surface area contributed by atoms with Gasteiger partial charge in [-0.2, -0.15) is 0 Å². The highest BCUT2D eigenvalue weighted by Crippen LogP contribution is 2.25. The maximum Gasteiger partial charge on any atom is 0.250 e. The van der Waals surface area contributed by atoms with E-state index in [9.17, 15) is 8.42 Å². The van der Waals surface area contributed by atoms with E-state index in [0.29, 0.717) is 16.8 Å². The van der Waals surface area contributed by atoms with E-state index >= 15 is 0 Å². The number of sulfonamides is 1. The molecule has 1 heterocycles. The Labute approximate surface area is 120 Å². The van der Waals surface area contributed by atoms with E-state index in [1.165, 1.54) is 11.3 Å². The maximum atomic E-state index is 12.1. The molecule has 0 saturated heterocycles. The van der Waals surface area contributed by atoms with Crippen LogP contribution < -0.4 is 10.0 Å². The van der Waals surface area contributed by atoms with Crippen LogP contribution >= 0.6 is 11.3 Å². The van der Waals surface area contributed by atoms with Gasteiger partial charge in [0.05, 0.1) is 0 Å². The summed E-state index contributed by atoms with van der Waals surface area (Å²) in [7, 11) is -3.33. The summed E-state index contributed by atoms with van der Waals surface area (Å²) >= 11 is 1.35. The number of aryl methyl sites for hydroxylation is 1. The second-order valence-electron chi connectivity index (χ2n) is 4.96. The molecule has 0 aliphatic rings. The van der Waals surface area contributed by atoms with Crippen molar-refractivity contribution in [2.75, 3.05) is 6.54 Å². The largest absolute Gasteiger partial charge is 0.310 e. The molecule has 0 spiro atoms. The number of thiophene rings is 1. The number of unbranched alkanes of at least 4 members (excludes halogenated alkanes) is 1. The van der Waals surface area contributed by atoms with Gasteiger partial charge in [-0.25, -0.2) is 13.1 Å². The highest BCUT2D eigenvalue weighted by atomic mass is 32.2. The van der Waals surface area contributed by atoms with E-state index < -0.39 is 10.0 Å². The van der Waals surface area contributed by atoms with Crippen molar-refractivity contribution in [3.05, 3.63) is 16.5 Å². The van der Waals surface area contributed by atoms with Gasteiger partial charge < -0.3 is 5.32 Å². The summed E-state index contributed by atoms with van der Waals surface area (Å²) < 4.78 is 27.2. The lowest BCUT2D eigenvalue weighted by molar-refractivity contribution is 0.580. The number of hydrogen-bond donors (Lipinski definition) is 2. The minimum Gasteiger partial charge on any atom is -0.310 e. The molecule has 0 fully saturated rings. The quantitative estimate of drug-likeness (QED) is 0.726. The average molecular weight is 304 g/mol. The molecular formula is C13H24N2O2S2. The van der Waals surface area contributed by atoms with Gasteiger partial charge in [-0.1, -0.05) is 27.2 Å². The van der Waals surface area contributed by atoms with Gasteiger partial charge in [0.1, 0.15) is 4.21 Å². The average Bonchev–Trinajstić information content (AvgIpc) is 2.69. The second kappa shape index (κ2) is 7.38. The van der Waals surface area contributed by atoms with Crippen LogP contribution in [-0.2, 0) is 16.6 Å². The Morgan fingerprint density at radius 2 is 2.05 bits per heavy atom. The standard InChI is InChI=1S/C13H24N2O2S2/c1-5-6-7-15-19(16,17)13-8-11(4)12(18-13)9-14-10(2)3/h8,10,14-15H,5-7,9H2,1-4H3. The Morgan fingerprint density at radius 1 is 1.37 bits per heavy atom. The van der Waals surface area contributed by atoms with Gasteiger partial charge in [-0.05, 0) is 25.0 Å². The van der Waals surface area contributed by atoms with Gasteiger partial charge >= 0.3 is 0 Å². The highest BCUT2D eigenvalue weighted by molar-refractivity contribution is 7.91. The summed E-state index contributed by atoms with van der Waals surface area (Å²) in [6, 6.07) is 2.15. The molecule has 2 N–H and O–H groups in total. The Kier molecular flexibility index (Phi) is 6.46. The van der Waals surface area contributed by atoms with E-state index in [-0.39, 0.29) is 0 Å². The van der Waals surface area contributed by atoms with E-state index in [1.807, 2.05) is 13.8 Å². The van der Waals surface area contributed by atoms with Crippen LogP contribution in [-0.4, -0.2) is 21.0 Å². The first kappa shape index (κ1) is 16.6. The normalized spacial score (nSPS) is 12.3. The third kappa shape index (κ3) is 5.22. The van der Waals surface area contributed by atoms with Gasteiger partial charge in [0.2, 0.25) is 10.0 Å². The van der Waals surface area contributed by atoms with Crippen molar-refractivity contribution < 1.29 is 8.42 Å². The van der Waals surface area contributed by atoms with Crippen LogP contribution in [0.5, 0.6) is 0 Å². The molecule has 19 heavy (non-hydrogen) atoms. The molecule has 0 unspecified atom stereocenters. The van der Waals surface area contributed by atoms with Crippen molar-refractivity contribution in [2.45, 2.75) is 57.3 Å². The zero-order chi connectivity index (χ0) is 14.5. The lowest BCUT2D eigenvalue weighted by atomic mass is 10.3. The minimum atomic E-state index is -3.33. The van der Waals surface area contributed by atoms with Crippen molar-refractivity contribution in [2.24, 2.45) is 0 Å². The molecule has 4 nitrogen and oxygen atoms in total. The molecule has 110 valence electrons. The van der Waals surface area contributed by atoms with E-state index in [2.05, 4.69) is 23.9 Å². The predicted molar refractivity (Wildman–Crippen MR) is 81.1 cm³/mol. The highest BCUT2D eigenvalue weighted by Gasteiger charge is 2.18. The first-order chi connectivity index (χ1) is 8.86. The lowest BCUT2D eigenvalue weighted by Crippen LogP contribution is -2.23. The van der Waals surface area contributed by atoms with Gasteiger partial charge in [0, 0.05) is 24.0 Å². The molecule has 1 rings (SSSR count). The Hall–Kier alpha value is -0.430. The fraction of sp³-hybridized carbons (Fsp3) is 0.692. The number of hydrogen-bond acceptors (Lipinski definition) is 4. The summed E-state index contributed by atoms with van der Waals surface area (Å²) in [4.78, 5) is 1.09. The number of rotatable bonds is 8. The van der Waals surface area contributed by atoms with Gasteiger partial charge in [0.25, 0.3) is 0 Å². The van der Waals surface area contributed by atoms with Crippen molar-refractivity contribution >= 4 is 21.4 Å². The SMILES string of the molecule is CCCCNS(=O)(=O)c1cc(C)c(CNC(C)C)s1. The van der Waals surface area contributed by atoms with Crippen LogP contribution in [0.15, 0.2) is 10.3 Å². The zero-order valence-electron chi connectivity index (χ0n) is 12.1. The molecular weight excluding hydrogens is 280 g/mol. The summed E-state index contributed by atoms with van der Waals surface area (Å²) in [6.45, 7) is 9.38. The van der Waals surface area contributed by atoms with E-state index in [0.717, 1.165) is 29.8 Å². The third-order valence-corrected chi connectivity index (χ3v) is 5.93. The molecule has 0 atom stereocenters. The molecule has 1 aromatic heterocycles. The molecule has 0 amide bonds. The predicted octanol–water partition coefficient (Wildman–Crippen LogP) is 2.63. The van der Waals surface area contributed by atoms with Crippen molar-refractivity contribution in [3.8, 4) is 0 Å². The Balaban J connectivity index is 2.76. The van der Waals surface area contributed by atoms with Crippen LogP contribution in [0.1, 0.15) is 44.1 Å². The molecule has 6 heteroatoms. The van der Waals surface area contributed by atoms with E-state index in [1.54, 1.807) is 6.07 Å². The van der Waals surface area contributed by atoms with Gasteiger partial charge in [-0.15, -0.1) is 11.3 Å². The molecule has 1 aromatic rings. The van der Waals surface area contributed by atoms with Crippen LogP contribution in [0.2, 0.25) is 0 Å². The zero-order valence-corrected chi connectivity index (χ0v) is 13.7. The fourth-order valence-corrected chi connectivity index (χ4v) is 4.21. The van der Waals surface area contributed by atoms with Crippen LogP contribution in [0.3, 0.4) is 0 Å². The monoisotopic (exact) mass is 304 g/mol. The second-order valence-corrected chi connectivity index (χ2v) is 8.09.